The molecule has 1 aromatic heterocycles. The number of alkyl halides is 1. The highest BCUT2D eigenvalue weighted by molar-refractivity contribution is 9.49. The molecular formula is C15H19Br2N3O5S. The maximum absolute atomic E-state index is 13.3. The van der Waals surface area contributed by atoms with Crippen molar-refractivity contribution in [2.45, 2.75) is 47.9 Å². The summed E-state index contributed by atoms with van der Waals surface area (Å²) in [5.74, 6) is -0.586. The predicted molar refractivity (Wildman–Crippen MR) is 103 cm³/mol. The Balaban J connectivity index is 2.11. The van der Waals surface area contributed by atoms with Gasteiger partial charge in [0.15, 0.2) is 11.4 Å². The fourth-order valence-electron chi connectivity index (χ4n) is 3.31. The molecule has 0 aromatic carbocycles. The van der Waals surface area contributed by atoms with Crippen molar-refractivity contribution in [2.24, 2.45) is 11.5 Å². The number of halogens is 2. The lowest BCUT2D eigenvalue weighted by Gasteiger charge is -2.52. The quantitative estimate of drug-likeness (QED) is 0.227. The van der Waals surface area contributed by atoms with E-state index in [1.54, 1.807) is 6.08 Å². The second kappa shape index (κ2) is 7.53. The average Bonchev–Trinajstić information content (AvgIpc) is 3.04. The van der Waals surface area contributed by atoms with Gasteiger partial charge in [-0.3, -0.25) is 8.98 Å². The molecule has 1 heterocycles. The van der Waals surface area contributed by atoms with Crippen LogP contribution in [-0.2, 0) is 4.18 Å². The van der Waals surface area contributed by atoms with Gasteiger partial charge in [-0.1, -0.05) is 41.4 Å². The molecule has 0 saturated heterocycles. The zero-order chi connectivity index (χ0) is 19.1. The summed E-state index contributed by atoms with van der Waals surface area (Å²) in [6, 6.07) is -1.01. The van der Waals surface area contributed by atoms with Gasteiger partial charge in [0.05, 0.1) is 33.5 Å². The number of fused-ring (bicyclic) bond motifs is 2. The van der Waals surface area contributed by atoms with Crippen LogP contribution in [0.15, 0.2) is 16.7 Å². The minimum Gasteiger partial charge on any atom is -0.475 e. The Hall–Kier alpha value is -0.430. The van der Waals surface area contributed by atoms with Gasteiger partial charge in [-0.15, -0.1) is 0 Å². The third-order valence-electron chi connectivity index (χ3n) is 4.85. The van der Waals surface area contributed by atoms with Gasteiger partial charge >= 0.3 is 0 Å². The van der Waals surface area contributed by atoms with E-state index in [9.17, 15) is 9.90 Å². The Labute approximate surface area is 170 Å². The molecule has 3 rings (SSSR count). The van der Waals surface area contributed by atoms with Crippen molar-refractivity contribution in [3.63, 3.8) is 0 Å². The number of aromatic nitrogens is 1. The maximum Gasteiger partial charge on any atom is 0.265 e. The number of carbonyl (C=O) groups is 1. The first-order valence-corrected chi connectivity index (χ1v) is 11.5. The molecule has 0 amide bonds. The van der Waals surface area contributed by atoms with E-state index in [4.69, 9.17) is 24.9 Å². The molecule has 5 N–H and O–H groups in total. The molecule has 1 aromatic rings. The van der Waals surface area contributed by atoms with Crippen molar-refractivity contribution in [1.82, 2.24) is 5.16 Å². The summed E-state index contributed by atoms with van der Waals surface area (Å²) in [7, 11) is 0.842. The summed E-state index contributed by atoms with van der Waals surface area (Å²) >= 11 is 6.49. The van der Waals surface area contributed by atoms with E-state index in [1.807, 2.05) is 6.92 Å². The fourth-order valence-corrected chi connectivity index (χ4v) is 4.93. The normalized spacial score (nSPS) is 35.9. The Kier molecular flexibility index (Phi) is 5.88. The van der Waals surface area contributed by atoms with Crippen LogP contribution in [0.2, 0.25) is 0 Å². The number of ether oxygens (including phenoxy) is 1. The van der Waals surface area contributed by atoms with Crippen LogP contribution in [0.5, 0.6) is 5.88 Å². The van der Waals surface area contributed by atoms with E-state index in [2.05, 4.69) is 35.9 Å². The van der Waals surface area contributed by atoms with Crippen LogP contribution in [0, 0.1) is 0 Å². The number of aliphatic hydroxyl groups is 1. The summed E-state index contributed by atoms with van der Waals surface area (Å²) in [6.07, 6.45) is 3.89. The maximum atomic E-state index is 13.3. The molecule has 8 nitrogen and oxygen atoms in total. The first-order valence-electron chi connectivity index (χ1n) is 8.04. The minimum atomic E-state index is -2.14. The monoisotopic (exact) mass is 511 g/mol. The summed E-state index contributed by atoms with van der Waals surface area (Å²) in [5.41, 5.74) is 8.95. The van der Waals surface area contributed by atoms with E-state index in [1.165, 1.54) is 6.08 Å². The standard InChI is InChI=1S/C15H19Br2N3O5S/c1-2-3-6-23-13-8-9(24-20-13)10(18)14(19)5-4-7(16)12(25-26-17)15(14,22)11(8)21/h4-5,7,10,12,22H,2-3,6,18-19H2,1H3/t7-,10?,12+,14+,15+/m0/s1. The topological polar surface area (TPSA) is 134 Å². The summed E-state index contributed by atoms with van der Waals surface area (Å²) < 4.78 is 16.4. The number of unbranched alkanes of at least 4 members (excludes halogenated alkanes) is 1. The van der Waals surface area contributed by atoms with Gasteiger partial charge in [0.25, 0.3) is 5.88 Å². The molecule has 0 fully saturated rings. The minimum absolute atomic E-state index is 0.00953. The van der Waals surface area contributed by atoms with Gasteiger partial charge in [0, 0.05) is 14.8 Å². The Morgan fingerprint density at radius 2 is 2.27 bits per heavy atom. The van der Waals surface area contributed by atoms with Crippen LogP contribution in [0.25, 0.3) is 0 Å². The zero-order valence-electron chi connectivity index (χ0n) is 13.9. The number of nitrogens with two attached hydrogens (primary N) is 2. The Morgan fingerprint density at radius 1 is 1.54 bits per heavy atom. The molecule has 26 heavy (non-hydrogen) atoms. The Morgan fingerprint density at radius 3 is 2.92 bits per heavy atom. The molecule has 2 aliphatic carbocycles. The van der Waals surface area contributed by atoms with Crippen LogP contribution in [0.3, 0.4) is 0 Å². The fraction of sp³-hybridized carbons (Fsp3) is 0.600. The van der Waals surface area contributed by atoms with Gasteiger partial charge in [-0.2, -0.15) is 0 Å². The van der Waals surface area contributed by atoms with Crippen molar-refractivity contribution >= 4 is 47.0 Å². The van der Waals surface area contributed by atoms with Crippen molar-refractivity contribution < 1.29 is 23.3 Å². The summed E-state index contributed by atoms with van der Waals surface area (Å²) in [4.78, 5) is 12.9. The predicted octanol–water partition coefficient (Wildman–Crippen LogP) is 2.15. The van der Waals surface area contributed by atoms with Crippen LogP contribution in [-0.4, -0.2) is 44.7 Å². The third kappa shape index (κ3) is 2.79. The number of hydrogen-bond donors (Lipinski definition) is 3. The Bertz CT molecular complexity index is 732. The van der Waals surface area contributed by atoms with E-state index in [-0.39, 0.29) is 17.2 Å². The van der Waals surface area contributed by atoms with Crippen molar-refractivity contribution in [1.29, 1.82) is 0 Å². The smallest absolute Gasteiger partial charge is 0.265 e. The molecule has 5 atom stereocenters. The highest BCUT2D eigenvalue weighted by Gasteiger charge is 2.68. The van der Waals surface area contributed by atoms with E-state index in [0.717, 1.165) is 23.3 Å². The summed E-state index contributed by atoms with van der Waals surface area (Å²) in [5, 5.41) is 15.3. The van der Waals surface area contributed by atoms with Gasteiger partial charge in [0.2, 0.25) is 5.78 Å². The SMILES string of the molecule is CCCCOc1noc2c1C(=O)[C@@]1(O)[C@H](OSBr)[C@@H](Br)C=C[C@@]1(N)C2N. The molecule has 0 spiro atoms. The number of ketones is 1. The summed E-state index contributed by atoms with van der Waals surface area (Å²) in [6.45, 7) is 2.38. The highest BCUT2D eigenvalue weighted by Crippen LogP contribution is 2.51. The lowest BCUT2D eigenvalue weighted by atomic mass is 9.61. The molecule has 0 radical (unpaired) electrons. The lowest BCUT2D eigenvalue weighted by Crippen LogP contribution is -2.77. The molecule has 144 valence electrons. The van der Waals surface area contributed by atoms with Gasteiger partial charge in [0.1, 0.15) is 11.7 Å². The molecule has 0 aliphatic heterocycles. The molecule has 11 heteroatoms. The third-order valence-corrected chi connectivity index (χ3v) is 6.37. The number of carbonyl (C=O) groups excluding carboxylic acids is 1. The van der Waals surface area contributed by atoms with Crippen LogP contribution >= 0.6 is 41.2 Å². The largest absolute Gasteiger partial charge is 0.475 e. The molecule has 2 aliphatic rings. The van der Waals surface area contributed by atoms with Crippen molar-refractivity contribution in [2.75, 3.05) is 6.61 Å². The average molecular weight is 513 g/mol. The second-order valence-electron chi connectivity index (χ2n) is 6.32. The zero-order valence-corrected chi connectivity index (χ0v) is 17.8. The molecule has 0 saturated carbocycles. The van der Waals surface area contributed by atoms with Gasteiger partial charge in [-0.05, 0) is 11.6 Å². The molecule has 1 unspecified atom stereocenters. The highest BCUT2D eigenvalue weighted by atomic mass is 79.9. The van der Waals surface area contributed by atoms with E-state index in [0.29, 0.717) is 6.61 Å². The lowest BCUT2D eigenvalue weighted by molar-refractivity contribution is -0.0795. The van der Waals surface area contributed by atoms with Crippen LogP contribution in [0.4, 0.5) is 0 Å². The van der Waals surface area contributed by atoms with Crippen LogP contribution in [0.1, 0.15) is 41.9 Å². The first kappa shape index (κ1) is 20.3. The number of hydrogen-bond acceptors (Lipinski definition) is 9. The van der Waals surface area contributed by atoms with Crippen molar-refractivity contribution in [3.05, 3.63) is 23.5 Å². The van der Waals surface area contributed by atoms with Crippen LogP contribution < -0.4 is 16.2 Å². The first-order chi connectivity index (χ1) is 12.3. The number of nitrogens with zero attached hydrogens (tertiary/aromatic N) is 1. The van der Waals surface area contributed by atoms with Gasteiger partial charge in [-0.25, -0.2) is 0 Å². The number of Topliss-reactive ketones (excluding diaryl/α,β-unsaturated/α-hetero) is 1. The van der Waals surface area contributed by atoms with Crippen molar-refractivity contribution in [3.8, 4) is 5.88 Å². The molecular weight excluding hydrogens is 494 g/mol. The van der Waals surface area contributed by atoms with E-state index < -0.39 is 33.9 Å². The number of rotatable bonds is 6. The van der Waals surface area contributed by atoms with Gasteiger partial charge < -0.3 is 25.8 Å². The molecule has 0 bridgehead atoms. The van der Waals surface area contributed by atoms with E-state index >= 15 is 0 Å². The second-order valence-corrected chi connectivity index (χ2v) is 8.49.